The van der Waals surface area contributed by atoms with Crippen LogP contribution in [0.3, 0.4) is 0 Å². The average molecular weight is 293 g/mol. The average Bonchev–Trinajstić information content (AvgIpc) is 2.89. The van der Waals surface area contributed by atoms with Crippen LogP contribution in [0.5, 0.6) is 5.75 Å². The SMILES string of the molecule is COc1cc(C(F)(F)F)ccc1-c1nc2cnccc2[nH]1. The van der Waals surface area contributed by atoms with Gasteiger partial charge in [0.1, 0.15) is 17.1 Å². The number of nitrogens with one attached hydrogen (secondary N) is 1. The Morgan fingerprint density at radius 1 is 1.19 bits per heavy atom. The molecule has 0 atom stereocenters. The maximum atomic E-state index is 12.7. The quantitative estimate of drug-likeness (QED) is 0.784. The summed E-state index contributed by atoms with van der Waals surface area (Å²) in [5.41, 5.74) is 1.08. The number of methoxy groups -OCH3 is 1. The van der Waals surface area contributed by atoms with E-state index in [9.17, 15) is 13.2 Å². The molecule has 108 valence electrons. The number of nitrogens with zero attached hydrogens (tertiary/aromatic N) is 2. The lowest BCUT2D eigenvalue weighted by Crippen LogP contribution is -2.05. The van der Waals surface area contributed by atoms with E-state index >= 15 is 0 Å². The third kappa shape index (κ3) is 2.42. The number of H-pyrrole nitrogens is 1. The Bertz CT molecular complexity index is 763. The van der Waals surface area contributed by atoms with Gasteiger partial charge in [-0.05, 0) is 24.3 Å². The van der Waals surface area contributed by atoms with Crippen molar-refractivity contribution in [2.45, 2.75) is 6.18 Å². The molecule has 0 saturated carbocycles. The molecule has 0 aliphatic rings. The summed E-state index contributed by atoms with van der Waals surface area (Å²) in [5.74, 6) is 0.542. The van der Waals surface area contributed by atoms with Crippen molar-refractivity contribution in [2.24, 2.45) is 0 Å². The number of alkyl halides is 3. The van der Waals surface area contributed by atoms with Crippen LogP contribution in [0.15, 0.2) is 36.7 Å². The number of fused-ring (bicyclic) bond motifs is 1. The molecule has 0 aliphatic carbocycles. The van der Waals surface area contributed by atoms with E-state index in [-0.39, 0.29) is 5.75 Å². The summed E-state index contributed by atoms with van der Waals surface area (Å²) >= 11 is 0. The molecule has 21 heavy (non-hydrogen) atoms. The Kier molecular flexibility index (Phi) is 3.04. The van der Waals surface area contributed by atoms with Gasteiger partial charge in [0.15, 0.2) is 0 Å². The van der Waals surface area contributed by atoms with Crippen LogP contribution in [0, 0.1) is 0 Å². The predicted molar refractivity (Wildman–Crippen MR) is 70.9 cm³/mol. The molecule has 0 bridgehead atoms. The zero-order chi connectivity index (χ0) is 15.0. The molecule has 0 unspecified atom stereocenters. The molecule has 0 aliphatic heterocycles. The Hall–Kier alpha value is -2.57. The van der Waals surface area contributed by atoms with Crippen molar-refractivity contribution in [2.75, 3.05) is 7.11 Å². The third-order valence-corrected chi connectivity index (χ3v) is 3.07. The van der Waals surface area contributed by atoms with E-state index in [1.165, 1.54) is 13.2 Å². The van der Waals surface area contributed by atoms with Gasteiger partial charge in [-0.3, -0.25) is 4.98 Å². The van der Waals surface area contributed by atoms with Crippen molar-refractivity contribution in [3.8, 4) is 17.1 Å². The van der Waals surface area contributed by atoms with Gasteiger partial charge in [0.25, 0.3) is 0 Å². The fourth-order valence-corrected chi connectivity index (χ4v) is 2.05. The molecular formula is C14H10F3N3O. The van der Waals surface area contributed by atoms with Gasteiger partial charge < -0.3 is 9.72 Å². The maximum absolute atomic E-state index is 12.7. The van der Waals surface area contributed by atoms with Gasteiger partial charge in [0.2, 0.25) is 0 Å². The molecule has 0 radical (unpaired) electrons. The van der Waals surface area contributed by atoms with Crippen LogP contribution in [0.2, 0.25) is 0 Å². The number of aromatic amines is 1. The molecule has 7 heteroatoms. The first kappa shape index (κ1) is 13.4. The van der Waals surface area contributed by atoms with Crippen LogP contribution in [-0.2, 0) is 6.18 Å². The fourth-order valence-electron chi connectivity index (χ4n) is 2.05. The lowest BCUT2D eigenvalue weighted by molar-refractivity contribution is -0.137. The molecule has 0 fully saturated rings. The summed E-state index contributed by atoms with van der Waals surface area (Å²) in [6.45, 7) is 0. The molecular weight excluding hydrogens is 283 g/mol. The van der Waals surface area contributed by atoms with E-state index < -0.39 is 11.7 Å². The standard InChI is InChI=1S/C14H10F3N3O/c1-21-12-6-8(14(15,16)17)2-3-9(12)13-19-10-4-5-18-7-11(10)20-13/h2-7H,1H3,(H,19,20). The number of halogens is 3. The van der Waals surface area contributed by atoms with Crippen molar-refractivity contribution >= 4 is 11.0 Å². The normalized spacial score (nSPS) is 11.8. The van der Waals surface area contributed by atoms with Crippen LogP contribution in [-0.4, -0.2) is 22.1 Å². The van der Waals surface area contributed by atoms with Gasteiger partial charge in [0, 0.05) is 6.20 Å². The van der Waals surface area contributed by atoms with Crippen LogP contribution in [0.25, 0.3) is 22.4 Å². The second kappa shape index (κ2) is 4.76. The highest BCUT2D eigenvalue weighted by Gasteiger charge is 2.31. The maximum Gasteiger partial charge on any atom is 0.416 e. The van der Waals surface area contributed by atoms with Gasteiger partial charge >= 0.3 is 6.18 Å². The molecule has 0 amide bonds. The Balaban J connectivity index is 2.13. The lowest BCUT2D eigenvalue weighted by atomic mass is 10.1. The van der Waals surface area contributed by atoms with Crippen LogP contribution in [0.4, 0.5) is 13.2 Å². The predicted octanol–water partition coefficient (Wildman–Crippen LogP) is 3.65. The van der Waals surface area contributed by atoms with Crippen molar-refractivity contribution in [3.05, 3.63) is 42.2 Å². The number of hydrogen-bond donors (Lipinski definition) is 1. The first-order valence-corrected chi connectivity index (χ1v) is 6.04. The second-order valence-corrected chi connectivity index (χ2v) is 4.39. The van der Waals surface area contributed by atoms with Gasteiger partial charge in [-0.2, -0.15) is 13.2 Å². The molecule has 1 aromatic carbocycles. The highest BCUT2D eigenvalue weighted by Crippen LogP contribution is 2.36. The summed E-state index contributed by atoms with van der Waals surface area (Å²) < 4.78 is 43.2. The number of hydrogen-bond acceptors (Lipinski definition) is 3. The van der Waals surface area contributed by atoms with Crippen molar-refractivity contribution < 1.29 is 17.9 Å². The van der Waals surface area contributed by atoms with Gasteiger partial charge in [-0.25, -0.2) is 4.98 Å². The Morgan fingerprint density at radius 2 is 2.00 bits per heavy atom. The van der Waals surface area contributed by atoms with E-state index in [0.717, 1.165) is 17.6 Å². The van der Waals surface area contributed by atoms with Gasteiger partial charge in [-0.15, -0.1) is 0 Å². The number of benzene rings is 1. The summed E-state index contributed by atoms with van der Waals surface area (Å²) in [6, 6.07) is 5.04. The molecule has 3 rings (SSSR count). The summed E-state index contributed by atoms with van der Waals surface area (Å²) in [7, 11) is 1.32. The third-order valence-electron chi connectivity index (χ3n) is 3.07. The summed E-state index contributed by atoms with van der Waals surface area (Å²) in [5, 5.41) is 0. The molecule has 0 saturated heterocycles. The van der Waals surface area contributed by atoms with E-state index in [1.807, 2.05) is 0 Å². The minimum atomic E-state index is -4.41. The smallest absolute Gasteiger partial charge is 0.416 e. The van der Waals surface area contributed by atoms with E-state index in [2.05, 4.69) is 15.0 Å². The first-order valence-electron chi connectivity index (χ1n) is 6.04. The number of rotatable bonds is 2. The molecule has 1 N–H and O–H groups in total. The van der Waals surface area contributed by atoms with E-state index in [1.54, 1.807) is 18.5 Å². The Labute approximate surface area is 117 Å². The Morgan fingerprint density at radius 3 is 2.67 bits per heavy atom. The zero-order valence-electron chi connectivity index (χ0n) is 10.9. The van der Waals surface area contributed by atoms with Crippen molar-refractivity contribution in [1.29, 1.82) is 0 Å². The van der Waals surface area contributed by atoms with Gasteiger partial charge in [-0.1, -0.05) is 0 Å². The first-order chi connectivity index (χ1) is 9.99. The minimum Gasteiger partial charge on any atom is -0.496 e. The van der Waals surface area contributed by atoms with Crippen LogP contribution < -0.4 is 4.74 Å². The highest BCUT2D eigenvalue weighted by molar-refractivity contribution is 5.79. The summed E-state index contributed by atoms with van der Waals surface area (Å²) in [4.78, 5) is 11.3. The molecule has 2 heterocycles. The molecule has 4 nitrogen and oxygen atoms in total. The number of imidazole rings is 1. The molecule has 2 aromatic heterocycles. The summed E-state index contributed by atoms with van der Waals surface area (Å²) in [6.07, 6.45) is -1.23. The van der Waals surface area contributed by atoms with Crippen LogP contribution >= 0.6 is 0 Å². The topological polar surface area (TPSA) is 50.8 Å². The number of pyridine rings is 1. The monoisotopic (exact) mass is 293 g/mol. The van der Waals surface area contributed by atoms with E-state index in [4.69, 9.17) is 4.74 Å². The minimum absolute atomic E-state index is 0.108. The highest BCUT2D eigenvalue weighted by atomic mass is 19.4. The van der Waals surface area contributed by atoms with Crippen LogP contribution in [0.1, 0.15) is 5.56 Å². The van der Waals surface area contributed by atoms with Crippen molar-refractivity contribution in [1.82, 2.24) is 15.0 Å². The van der Waals surface area contributed by atoms with E-state index in [0.29, 0.717) is 16.9 Å². The number of ether oxygens (including phenoxy) is 1. The second-order valence-electron chi connectivity index (χ2n) is 4.39. The van der Waals surface area contributed by atoms with Crippen molar-refractivity contribution in [3.63, 3.8) is 0 Å². The largest absolute Gasteiger partial charge is 0.496 e. The number of aromatic nitrogens is 3. The zero-order valence-corrected chi connectivity index (χ0v) is 10.9. The lowest BCUT2D eigenvalue weighted by Gasteiger charge is -2.11. The molecule has 0 spiro atoms. The van der Waals surface area contributed by atoms with Gasteiger partial charge in [0.05, 0.1) is 30.0 Å². The molecule has 3 aromatic rings. The fraction of sp³-hybridized carbons (Fsp3) is 0.143.